The third-order valence-corrected chi connectivity index (χ3v) is 7.92. The molecule has 3 aliphatic heterocycles. The van der Waals surface area contributed by atoms with Gasteiger partial charge in [0.15, 0.2) is 0 Å². The van der Waals surface area contributed by atoms with Crippen LogP contribution in [0.25, 0.3) is 6.08 Å². The molecule has 2 amide bonds. The SMILES string of the molecule is O=C(/C=C/c1cnc2c(c1)CC1(CCNCC1)C(=O)N2)N1CC=C(Cc2cccs2)CC1.O=C(O)C(F)(F)F. The van der Waals surface area contributed by atoms with Gasteiger partial charge in [-0.25, -0.2) is 9.78 Å². The highest BCUT2D eigenvalue weighted by atomic mass is 32.1. The van der Waals surface area contributed by atoms with Gasteiger partial charge >= 0.3 is 12.1 Å². The number of piperidine rings is 1. The molecule has 3 N–H and O–H groups in total. The summed E-state index contributed by atoms with van der Waals surface area (Å²) < 4.78 is 31.7. The first-order valence-corrected chi connectivity index (χ1v) is 13.4. The Kier molecular flexibility index (Phi) is 8.86. The van der Waals surface area contributed by atoms with Gasteiger partial charge in [-0.15, -0.1) is 11.3 Å². The molecule has 12 heteroatoms. The van der Waals surface area contributed by atoms with Crippen molar-refractivity contribution >= 4 is 41.0 Å². The molecule has 0 unspecified atom stereocenters. The van der Waals surface area contributed by atoms with Gasteiger partial charge in [0, 0.05) is 36.7 Å². The number of fused-ring (bicyclic) bond motifs is 1. The van der Waals surface area contributed by atoms with Crippen molar-refractivity contribution in [2.45, 2.75) is 38.3 Å². The number of carbonyl (C=O) groups is 3. The number of hydrogen-bond acceptors (Lipinski definition) is 6. The molecule has 1 spiro atoms. The average molecular weight is 563 g/mol. The summed E-state index contributed by atoms with van der Waals surface area (Å²) in [5.74, 6) is -1.99. The lowest BCUT2D eigenvalue weighted by Crippen LogP contribution is -2.48. The van der Waals surface area contributed by atoms with Crippen LogP contribution in [0.15, 0.2) is 47.5 Å². The largest absolute Gasteiger partial charge is 0.490 e. The molecule has 0 radical (unpaired) electrons. The summed E-state index contributed by atoms with van der Waals surface area (Å²) in [6.07, 6.45) is 6.62. The van der Waals surface area contributed by atoms with Crippen molar-refractivity contribution in [1.29, 1.82) is 0 Å². The van der Waals surface area contributed by atoms with Gasteiger partial charge in [-0.1, -0.05) is 17.7 Å². The molecule has 0 aliphatic carbocycles. The van der Waals surface area contributed by atoms with Crippen LogP contribution < -0.4 is 10.6 Å². The Morgan fingerprint density at radius 3 is 2.62 bits per heavy atom. The summed E-state index contributed by atoms with van der Waals surface area (Å²) in [5, 5.41) is 15.6. The first kappa shape index (κ1) is 28.5. The zero-order valence-electron chi connectivity index (χ0n) is 21.1. The van der Waals surface area contributed by atoms with E-state index in [0.29, 0.717) is 18.8 Å². The number of amides is 2. The molecule has 1 saturated heterocycles. The summed E-state index contributed by atoms with van der Waals surface area (Å²) >= 11 is 1.78. The Morgan fingerprint density at radius 2 is 2.00 bits per heavy atom. The summed E-state index contributed by atoms with van der Waals surface area (Å²) in [6.45, 7) is 3.15. The lowest BCUT2D eigenvalue weighted by atomic mass is 9.71. The summed E-state index contributed by atoms with van der Waals surface area (Å²) in [7, 11) is 0. The molecule has 2 aromatic rings. The Balaban J connectivity index is 0.000000448. The molecule has 3 aliphatic rings. The van der Waals surface area contributed by atoms with Crippen molar-refractivity contribution in [2.75, 3.05) is 31.5 Å². The fourth-order valence-corrected chi connectivity index (χ4v) is 5.60. The Labute approximate surface area is 227 Å². The highest BCUT2D eigenvalue weighted by Crippen LogP contribution is 2.39. The van der Waals surface area contributed by atoms with Crippen LogP contribution in [0.3, 0.4) is 0 Å². The van der Waals surface area contributed by atoms with E-state index in [-0.39, 0.29) is 17.2 Å². The molecule has 39 heavy (non-hydrogen) atoms. The second-order valence-corrected chi connectivity index (χ2v) is 10.8. The molecule has 0 aromatic carbocycles. The molecular formula is C27H29F3N4O4S. The number of thiophene rings is 1. The molecule has 208 valence electrons. The summed E-state index contributed by atoms with van der Waals surface area (Å²) in [4.78, 5) is 42.0. The zero-order valence-corrected chi connectivity index (χ0v) is 21.9. The number of carboxylic acid groups (broad SMARTS) is 1. The third kappa shape index (κ3) is 7.33. The number of halogens is 3. The molecule has 0 saturated carbocycles. The van der Waals surface area contributed by atoms with E-state index in [1.54, 1.807) is 23.6 Å². The fraction of sp³-hybridized carbons (Fsp3) is 0.407. The number of anilines is 1. The Hall–Kier alpha value is -3.51. The number of aromatic nitrogens is 1. The minimum Gasteiger partial charge on any atom is -0.475 e. The number of carbonyl (C=O) groups excluding carboxylic acids is 2. The molecule has 5 rings (SSSR count). The van der Waals surface area contributed by atoms with Crippen molar-refractivity contribution in [1.82, 2.24) is 15.2 Å². The summed E-state index contributed by atoms with van der Waals surface area (Å²) in [6, 6.07) is 6.31. The van der Waals surface area contributed by atoms with Crippen LogP contribution in [0, 0.1) is 5.41 Å². The van der Waals surface area contributed by atoms with E-state index in [1.807, 2.05) is 11.0 Å². The van der Waals surface area contributed by atoms with Crippen LogP contribution in [0.4, 0.5) is 19.0 Å². The first-order valence-electron chi connectivity index (χ1n) is 12.5. The lowest BCUT2D eigenvalue weighted by molar-refractivity contribution is -0.192. The number of nitrogens with zero attached hydrogens (tertiary/aromatic N) is 2. The number of nitrogens with one attached hydrogen (secondary N) is 2. The van der Waals surface area contributed by atoms with Crippen LogP contribution >= 0.6 is 11.3 Å². The van der Waals surface area contributed by atoms with E-state index in [2.05, 4.69) is 45.3 Å². The zero-order chi connectivity index (χ0) is 28.0. The predicted molar refractivity (Wildman–Crippen MR) is 141 cm³/mol. The van der Waals surface area contributed by atoms with Crippen LogP contribution in [0.1, 0.15) is 35.3 Å². The first-order chi connectivity index (χ1) is 18.6. The second kappa shape index (κ2) is 12.1. The second-order valence-electron chi connectivity index (χ2n) is 9.73. The van der Waals surface area contributed by atoms with Crippen molar-refractivity contribution in [2.24, 2.45) is 5.41 Å². The van der Waals surface area contributed by atoms with Crippen LogP contribution in [-0.4, -0.2) is 65.1 Å². The monoisotopic (exact) mass is 562 g/mol. The van der Waals surface area contributed by atoms with Gasteiger partial charge in [0.25, 0.3) is 0 Å². The molecule has 0 atom stereocenters. The van der Waals surface area contributed by atoms with Crippen LogP contribution in [-0.2, 0) is 27.2 Å². The minimum atomic E-state index is -5.08. The molecule has 0 bridgehead atoms. The number of carboxylic acids is 1. The fourth-order valence-electron chi connectivity index (χ4n) is 4.84. The van der Waals surface area contributed by atoms with Gasteiger partial charge in [-0.2, -0.15) is 13.2 Å². The van der Waals surface area contributed by atoms with E-state index in [4.69, 9.17) is 9.90 Å². The van der Waals surface area contributed by atoms with Gasteiger partial charge in [0.05, 0.1) is 5.41 Å². The van der Waals surface area contributed by atoms with E-state index in [1.165, 1.54) is 10.5 Å². The normalized spacial score (nSPS) is 18.6. The van der Waals surface area contributed by atoms with Crippen molar-refractivity contribution in [3.05, 3.63) is 63.5 Å². The lowest BCUT2D eigenvalue weighted by Gasteiger charge is -2.39. The van der Waals surface area contributed by atoms with Gasteiger partial charge in [-0.05, 0) is 73.5 Å². The van der Waals surface area contributed by atoms with Crippen molar-refractivity contribution < 1.29 is 32.7 Å². The van der Waals surface area contributed by atoms with Crippen LogP contribution in [0.5, 0.6) is 0 Å². The molecule has 5 heterocycles. The standard InChI is InChI=1S/C25H28N4O2S.C2HF3O2/c30-22(29-11-5-18(6-12-29)15-21-2-1-13-32-21)4-3-19-14-20-16-25(7-9-26-10-8-25)24(31)28-23(20)27-17-19;3-2(4,5)1(6)7/h1-5,13-14,17,26H,6-12,15-16H2,(H,27,28,31);(H,6,7)/b4-3+;. The van der Waals surface area contributed by atoms with Crippen molar-refractivity contribution in [3.8, 4) is 0 Å². The predicted octanol–water partition coefficient (Wildman–Crippen LogP) is 4.06. The molecular weight excluding hydrogens is 533 g/mol. The highest BCUT2D eigenvalue weighted by Gasteiger charge is 2.43. The van der Waals surface area contributed by atoms with E-state index < -0.39 is 12.1 Å². The Morgan fingerprint density at radius 1 is 1.26 bits per heavy atom. The maximum Gasteiger partial charge on any atom is 0.490 e. The smallest absolute Gasteiger partial charge is 0.475 e. The quantitative estimate of drug-likeness (QED) is 0.383. The highest BCUT2D eigenvalue weighted by molar-refractivity contribution is 7.09. The molecule has 2 aromatic heterocycles. The van der Waals surface area contributed by atoms with Gasteiger partial charge < -0.3 is 20.6 Å². The number of alkyl halides is 3. The number of pyridine rings is 1. The Bertz CT molecular complexity index is 1270. The number of rotatable bonds is 4. The average Bonchev–Trinajstić information content (AvgIpc) is 3.42. The van der Waals surface area contributed by atoms with Crippen LogP contribution in [0.2, 0.25) is 0 Å². The van der Waals surface area contributed by atoms with Crippen molar-refractivity contribution in [3.63, 3.8) is 0 Å². The van der Waals surface area contributed by atoms with E-state index in [0.717, 1.165) is 56.4 Å². The minimum absolute atomic E-state index is 0.0253. The number of aliphatic carboxylic acids is 1. The van der Waals surface area contributed by atoms with Gasteiger partial charge in [0.2, 0.25) is 11.8 Å². The summed E-state index contributed by atoms with van der Waals surface area (Å²) in [5.41, 5.74) is 3.02. The molecule has 8 nitrogen and oxygen atoms in total. The van der Waals surface area contributed by atoms with Gasteiger partial charge in [0.1, 0.15) is 5.82 Å². The van der Waals surface area contributed by atoms with E-state index in [9.17, 15) is 22.8 Å². The number of hydrogen-bond donors (Lipinski definition) is 3. The maximum atomic E-state index is 12.7. The third-order valence-electron chi connectivity index (χ3n) is 7.05. The topological polar surface area (TPSA) is 112 Å². The maximum absolute atomic E-state index is 12.7. The van der Waals surface area contributed by atoms with Gasteiger partial charge in [-0.3, -0.25) is 9.59 Å². The molecule has 1 fully saturated rings. The van der Waals surface area contributed by atoms with E-state index >= 15 is 0 Å².